The van der Waals surface area contributed by atoms with Crippen LogP contribution >= 0.6 is 23.2 Å². The molecule has 0 radical (unpaired) electrons. The van der Waals surface area contributed by atoms with Gasteiger partial charge in [0.1, 0.15) is 0 Å². The van der Waals surface area contributed by atoms with Crippen molar-refractivity contribution in [1.82, 2.24) is 9.80 Å². The van der Waals surface area contributed by atoms with Crippen LogP contribution in [0.2, 0.25) is 10.0 Å². The van der Waals surface area contributed by atoms with Gasteiger partial charge in [-0.2, -0.15) is 0 Å². The Hall–Kier alpha value is -1.59. The largest absolute Gasteiger partial charge is 0.334 e. The molecular weight excluding hydrogens is 351 g/mol. The minimum Gasteiger partial charge on any atom is -0.263 e. The van der Waals surface area contributed by atoms with Gasteiger partial charge in [0.2, 0.25) is 0 Å². The average molecular weight is 369 g/mol. The highest BCUT2D eigenvalue weighted by Gasteiger charge is 2.48. The molecule has 1 aliphatic heterocycles. The predicted octanol–water partition coefficient (Wildman–Crippen LogP) is 3.86. The minimum absolute atomic E-state index is 0.0118. The molecule has 1 aromatic rings. The molecule has 1 saturated carbocycles. The maximum Gasteiger partial charge on any atom is 0.334 e. The van der Waals surface area contributed by atoms with Crippen molar-refractivity contribution >= 4 is 41.0 Å². The molecule has 0 unspecified atom stereocenters. The Bertz CT molecular complexity index is 707. The Balaban J connectivity index is 1.82. The fraction of sp³-hybridized carbons (Fsp3) is 0.471. The maximum absolute atomic E-state index is 12.7. The lowest BCUT2D eigenvalue weighted by atomic mass is 9.85. The first-order chi connectivity index (χ1) is 11.4. The van der Waals surface area contributed by atoms with Crippen LogP contribution in [-0.4, -0.2) is 33.7 Å². The Kier molecular flexibility index (Phi) is 4.83. The monoisotopic (exact) mass is 368 g/mol. The highest BCUT2D eigenvalue weighted by molar-refractivity contribution is 6.44. The summed E-state index contributed by atoms with van der Waals surface area (Å²) in [7, 11) is 0. The highest BCUT2D eigenvalue weighted by Crippen LogP contribution is 2.32. The van der Waals surface area contributed by atoms with Gasteiger partial charge in [0, 0.05) is 6.04 Å². The van der Waals surface area contributed by atoms with Crippen LogP contribution in [0.15, 0.2) is 18.2 Å². The van der Waals surface area contributed by atoms with E-state index in [1.165, 1.54) is 0 Å². The number of benzene rings is 1. The van der Waals surface area contributed by atoms with Crippen molar-refractivity contribution in [3.8, 4) is 0 Å². The van der Waals surface area contributed by atoms with Gasteiger partial charge in [-0.25, -0.2) is 4.79 Å². The van der Waals surface area contributed by atoms with E-state index in [-0.39, 0.29) is 18.5 Å². The smallest absolute Gasteiger partial charge is 0.263 e. The van der Waals surface area contributed by atoms with Crippen LogP contribution in [0.3, 0.4) is 0 Å². The van der Waals surface area contributed by atoms with Crippen LogP contribution in [0.1, 0.15) is 38.2 Å². The van der Waals surface area contributed by atoms with Crippen LogP contribution in [-0.2, 0) is 16.1 Å². The normalized spacial score (nSPS) is 24.9. The number of nitrogens with zero attached hydrogens (tertiary/aromatic N) is 2. The standard InChI is InChI=1S/C17H18Cl2N2O3/c1-10-4-2-3-5-14(10)21-16(23)15(22)20(17(21)24)9-11-6-7-12(18)13(19)8-11/h6-8,10,14H,2-5,9H2,1H3/t10-,14+/m1/s1. The highest BCUT2D eigenvalue weighted by atomic mass is 35.5. The van der Waals surface area contributed by atoms with E-state index in [1.54, 1.807) is 18.2 Å². The minimum atomic E-state index is -0.774. The Labute approximate surface area is 150 Å². The molecule has 0 bridgehead atoms. The Morgan fingerprint density at radius 2 is 1.75 bits per heavy atom. The third kappa shape index (κ3) is 3.03. The predicted molar refractivity (Wildman–Crippen MR) is 90.7 cm³/mol. The fourth-order valence-corrected chi connectivity index (χ4v) is 3.78. The molecule has 0 N–H and O–H groups in total. The fourth-order valence-electron chi connectivity index (χ4n) is 3.46. The summed E-state index contributed by atoms with van der Waals surface area (Å²) >= 11 is 11.8. The number of halogens is 2. The van der Waals surface area contributed by atoms with Gasteiger partial charge in [-0.15, -0.1) is 0 Å². The van der Waals surface area contributed by atoms with E-state index >= 15 is 0 Å². The molecule has 24 heavy (non-hydrogen) atoms. The summed E-state index contributed by atoms with van der Waals surface area (Å²) in [4.78, 5) is 39.5. The van der Waals surface area contributed by atoms with E-state index in [0.29, 0.717) is 15.6 Å². The molecule has 0 aromatic heterocycles. The van der Waals surface area contributed by atoms with E-state index in [1.807, 2.05) is 6.92 Å². The van der Waals surface area contributed by atoms with E-state index in [4.69, 9.17) is 23.2 Å². The number of hydrogen-bond acceptors (Lipinski definition) is 3. The van der Waals surface area contributed by atoms with Crippen LogP contribution in [0.5, 0.6) is 0 Å². The quantitative estimate of drug-likeness (QED) is 0.601. The molecule has 3 rings (SSSR count). The molecule has 7 heteroatoms. The summed E-state index contributed by atoms with van der Waals surface area (Å²) < 4.78 is 0. The molecule has 4 amide bonds. The van der Waals surface area contributed by atoms with Crippen LogP contribution in [0.4, 0.5) is 4.79 Å². The van der Waals surface area contributed by atoms with Gasteiger partial charge in [0.15, 0.2) is 0 Å². The molecule has 1 heterocycles. The van der Waals surface area contributed by atoms with Crippen molar-refractivity contribution < 1.29 is 14.4 Å². The van der Waals surface area contributed by atoms with Crippen molar-refractivity contribution in [1.29, 1.82) is 0 Å². The molecular formula is C17H18Cl2N2O3. The zero-order valence-corrected chi connectivity index (χ0v) is 14.8. The number of carbonyl (C=O) groups is 3. The molecule has 128 valence electrons. The van der Waals surface area contributed by atoms with Gasteiger partial charge in [0.05, 0.1) is 16.6 Å². The van der Waals surface area contributed by atoms with Crippen molar-refractivity contribution in [2.75, 3.05) is 0 Å². The number of urea groups is 1. The zero-order chi connectivity index (χ0) is 17.4. The first kappa shape index (κ1) is 17.2. The molecule has 1 saturated heterocycles. The molecule has 2 aliphatic rings. The van der Waals surface area contributed by atoms with E-state index < -0.39 is 17.8 Å². The van der Waals surface area contributed by atoms with Crippen molar-refractivity contribution in [3.63, 3.8) is 0 Å². The summed E-state index contributed by atoms with van der Waals surface area (Å²) in [5, 5.41) is 0.741. The number of imide groups is 2. The second-order valence-electron chi connectivity index (χ2n) is 6.43. The van der Waals surface area contributed by atoms with Crippen molar-refractivity contribution in [2.45, 2.75) is 45.2 Å². The molecule has 5 nitrogen and oxygen atoms in total. The number of rotatable bonds is 3. The molecule has 2 atom stereocenters. The third-order valence-corrected chi connectivity index (χ3v) is 5.55. The zero-order valence-electron chi connectivity index (χ0n) is 13.3. The lowest BCUT2D eigenvalue weighted by molar-refractivity contribution is -0.144. The van der Waals surface area contributed by atoms with Gasteiger partial charge >= 0.3 is 17.8 Å². The van der Waals surface area contributed by atoms with E-state index in [9.17, 15) is 14.4 Å². The summed E-state index contributed by atoms with van der Waals surface area (Å²) in [6, 6.07) is 4.16. The van der Waals surface area contributed by atoms with Crippen LogP contribution in [0, 0.1) is 5.92 Å². The molecule has 1 aromatic carbocycles. The first-order valence-electron chi connectivity index (χ1n) is 8.03. The second-order valence-corrected chi connectivity index (χ2v) is 7.24. The van der Waals surface area contributed by atoms with Crippen LogP contribution in [0.25, 0.3) is 0 Å². The summed E-state index contributed by atoms with van der Waals surface area (Å²) in [5.74, 6) is -1.29. The topological polar surface area (TPSA) is 57.7 Å². The van der Waals surface area contributed by atoms with Gasteiger partial charge in [-0.3, -0.25) is 19.4 Å². The second kappa shape index (κ2) is 6.73. The number of carbonyl (C=O) groups excluding carboxylic acids is 3. The lowest BCUT2D eigenvalue weighted by Crippen LogP contribution is -2.46. The van der Waals surface area contributed by atoms with E-state index in [0.717, 1.165) is 35.5 Å². The summed E-state index contributed by atoms with van der Waals surface area (Å²) in [5.41, 5.74) is 0.650. The van der Waals surface area contributed by atoms with Gasteiger partial charge < -0.3 is 0 Å². The Morgan fingerprint density at radius 3 is 2.42 bits per heavy atom. The van der Waals surface area contributed by atoms with E-state index in [2.05, 4.69) is 0 Å². The molecule has 0 spiro atoms. The number of hydrogen-bond donors (Lipinski definition) is 0. The first-order valence-corrected chi connectivity index (χ1v) is 8.78. The number of amides is 4. The third-order valence-electron chi connectivity index (χ3n) is 4.81. The maximum atomic E-state index is 12.7. The van der Waals surface area contributed by atoms with Gasteiger partial charge in [-0.05, 0) is 36.5 Å². The van der Waals surface area contributed by atoms with Gasteiger partial charge in [0.25, 0.3) is 0 Å². The van der Waals surface area contributed by atoms with Crippen molar-refractivity contribution in [2.24, 2.45) is 5.92 Å². The molecule has 1 aliphatic carbocycles. The van der Waals surface area contributed by atoms with Crippen molar-refractivity contribution in [3.05, 3.63) is 33.8 Å². The lowest BCUT2D eigenvalue weighted by Gasteiger charge is -2.34. The SMILES string of the molecule is C[C@@H]1CCCC[C@@H]1N1C(=O)C(=O)N(Cc2ccc(Cl)c(Cl)c2)C1=O. The molecule has 2 fully saturated rings. The Morgan fingerprint density at radius 1 is 1.04 bits per heavy atom. The van der Waals surface area contributed by atoms with Crippen LogP contribution < -0.4 is 0 Å². The average Bonchev–Trinajstić information content (AvgIpc) is 2.76. The summed E-state index contributed by atoms with van der Waals surface area (Å²) in [6.45, 7) is 2.04. The van der Waals surface area contributed by atoms with Gasteiger partial charge in [-0.1, -0.05) is 49.0 Å². The summed E-state index contributed by atoms with van der Waals surface area (Å²) in [6.07, 6.45) is 3.77.